The van der Waals surface area contributed by atoms with Crippen molar-refractivity contribution in [2.75, 3.05) is 7.11 Å². The smallest absolute Gasteiger partial charge is 0.255 e. The van der Waals surface area contributed by atoms with Gasteiger partial charge in [-0.1, -0.05) is 48.5 Å². The van der Waals surface area contributed by atoms with Crippen molar-refractivity contribution in [1.29, 1.82) is 0 Å². The van der Waals surface area contributed by atoms with Crippen LogP contribution in [0.1, 0.15) is 5.56 Å². The minimum absolute atomic E-state index is 0.0369. The molecule has 0 amide bonds. The third-order valence-corrected chi connectivity index (χ3v) is 3.70. The Morgan fingerprint density at radius 1 is 1.00 bits per heavy atom. The van der Waals surface area contributed by atoms with E-state index < -0.39 is 0 Å². The van der Waals surface area contributed by atoms with Crippen LogP contribution in [0.3, 0.4) is 0 Å². The topological polar surface area (TPSA) is 51.5 Å². The van der Waals surface area contributed by atoms with E-state index in [2.05, 4.69) is 0 Å². The van der Waals surface area contributed by atoms with Gasteiger partial charge in [-0.15, -0.1) is 0 Å². The molecule has 2 aromatic carbocycles. The summed E-state index contributed by atoms with van der Waals surface area (Å²) < 4.78 is 6.99. The molecule has 0 bridgehead atoms. The molecule has 0 aliphatic heterocycles. The second-order valence-corrected chi connectivity index (χ2v) is 5.20. The van der Waals surface area contributed by atoms with Crippen LogP contribution in [-0.2, 0) is 6.54 Å². The molecule has 1 N–H and O–H groups in total. The molecule has 0 spiro atoms. The van der Waals surface area contributed by atoms with E-state index in [1.807, 2.05) is 54.6 Å². The number of rotatable bonds is 4. The molecule has 3 rings (SSSR count). The Labute approximate surface area is 134 Å². The van der Waals surface area contributed by atoms with Gasteiger partial charge in [-0.2, -0.15) is 0 Å². The molecule has 0 saturated heterocycles. The van der Waals surface area contributed by atoms with Crippen molar-refractivity contribution in [3.63, 3.8) is 0 Å². The maximum Gasteiger partial charge on any atom is 0.255 e. The molecule has 3 aromatic rings. The van der Waals surface area contributed by atoms with Crippen LogP contribution < -0.4 is 10.3 Å². The largest absolute Gasteiger partial charge is 0.508 e. The Kier molecular flexibility index (Phi) is 4.15. The molecule has 23 heavy (non-hydrogen) atoms. The highest BCUT2D eigenvalue weighted by Gasteiger charge is 2.11. The number of hydrogen-bond donors (Lipinski definition) is 1. The first-order valence-corrected chi connectivity index (χ1v) is 7.30. The van der Waals surface area contributed by atoms with E-state index >= 15 is 0 Å². The number of ether oxygens (including phenoxy) is 1. The second-order valence-electron chi connectivity index (χ2n) is 5.20. The first-order valence-electron chi connectivity index (χ1n) is 7.30. The third kappa shape index (κ3) is 3.11. The van der Waals surface area contributed by atoms with E-state index in [4.69, 9.17) is 4.74 Å². The summed E-state index contributed by atoms with van der Waals surface area (Å²) in [6.45, 7) is 0.368. The number of para-hydroxylation sites is 1. The van der Waals surface area contributed by atoms with E-state index in [1.54, 1.807) is 17.7 Å². The van der Waals surface area contributed by atoms with E-state index in [0.717, 1.165) is 16.9 Å². The molecule has 0 fully saturated rings. The van der Waals surface area contributed by atoms with Gasteiger partial charge in [0.1, 0.15) is 11.5 Å². The van der Waals surface area contributed by atoms with Crippen molar-refractivity contribution >= 4 is 0 Å². The van der Waals surface area contributed by atoms with Gasteiger partial charge in [0.15, 0.2) is 0 Å². The summed E-state index contributed by atoms with van der Waals surface area (Å²) in [5.41, 5.74) is 2.19. The van der Waals surface area contributed by atoms with Crippen molar-refractivity contribution in [2.45, 2.75) is 6.54 Å². The Hall–Kier alpha value is -3.01. The van der Waals surface area contributed by atoms with E-state index in [0.29, 0.717) is 12.2 Å². The van der Waals surface area contributed by atoms with Crippen LogP contribution >= 0.6 is 0 Å². The molecule has 0 radical (unpaired) electrons. The summed E-state index contributed by atoms with van der Waals surface area (Å²) in [4.78, 5) is 12.4. The van der Waals surface area contributed by atoms with Crippen LogP contribution in [-0.4, -0.2) is 16.8 Å². The van der Waals surface area contributed by atoms with Gasteiger partial charge in [0.2, 0.25) is 0 Å². The van der Waals surface area contributed by atoms with Gasteiger partial charge in [0, 0.05) is 17.7 Å². The van der Waals surface area contributed by atoms with Crippen LogP contribution in [0.25, 0.3) is 11.3 Å². The maximum absolute atomic E-state index is 12.4. The lowest BCUT2D eigenvalue weighted by molar-refractivity contribution is 0.408. The molecular weight excluding hydrogens is 290 g/mol. The zero-order valence-corrected chi connectivity index (χ0v) is 12.8. The van der Waals surface area contributed by atoms with E-state index in [1.165, 1.54) is 6.07 Å². The zero-order chi connectivity index (χ0) is 16.2. The molecule has 0 aliphatic rings. The Morgan fingerprint density at radius 3 is 2.43 bits per heavy atom. The summed E-state index contributed by atoms with van der Waals surface area (Å²) in [6.07, 6.45) is 0. The third-order valence-electron chi connectivity index (χ3n) is 3.70. The first kappa shape index (κ1) is 14.9. The second kappa shape index (κ2) is 6.40. The molecule has 116 valence electrons. The van der Waals surface area contributed by atoms with Crippen molar-refractivity contribution in [3.05, 3.63) is 82.6 Å². The molecule has 0 atom stereocenters. The number of nitrogens with zero attached hydrogens (tertiary/aromatic N) is 1. The predicted octanol–water partition coefficient (Wildman–Crippen LogP) is 3.28. The Morgan fingerprint density at radius 2 is 1.70 bits per heavy atom. The van der Waals surface area contributed by atoms with Gasteiger partial charge in [-0.3, -0.25) is 4.79 Å². The van der Waals surface area contributed by atoms with Gasteiger partial charge in [0.25, 0.3) is 5.56 Å². The summed E-state index contributed by atoms with van der Waals surface area (Å²) in [7, 11) is 1.61. The Bertz CT molecular complexity index is 869. The molecule has 4 heteroatoms. The highest BCUT2D eigenvalue weighted by molar-refractivity contribution is 5.61. The van der Waals surface area contributed by atoms with Crippen molar-refractivity contribution < 1.29 is 9.84 Å². The van der Waals surface area contributed by atoms with Gasteiger partial charge in [-0.25, -0.2) is 0 Å². The number of hydrogen-bond acceptors (Lipinski definition) is 3. The minimum atomic E-state index is -0.255. The number of pyridine rings is 1. The fourth-order valence-electron chi connectivity index (χ4n) is 2.60. The predicted molar refractivity (Wildman–Crippen MR) is 89.9 cm³/mol. The molecule has 4 nitrogen and oxygen atoms in total. The van der Waals surface area contributed by atoms with Crippen molar-refractivity contribution in [1.82, 2.24) is 4.57 Å². The summed E-state index contributed by atoms with van der Waals surface area (Å²) >= 11 is 0. The summed E-state index contributed by atoms with van der Waals surface area (Å²) in [5.74, 6) is 0.691. The number of methoxy groups -OCH3 is 1. The SMILES string of the molecule is COc1ccccc1Cn1c(-c2ccccc2)cc(O)cc1=O. The maximum atomic E-state index is 12.4. The molecule has 1 heterocycles. The zero-order valence-electron chi connectivity index (χ0n) is 12.8. The summed E-state index contributed by atoms with van der Waals surface area (Å²) in [6, 6.07) is 19.9. The first-order chi connectivity index (χ1) is 11.2. The van der Waals surface area contributed by atoms with E-state index in [9.17, 15) is 9.90 Å². The fourth-order valence-corrected chi connectivity index (χ4v) is 2.60. The van der Waals surface area contributed by atoms with Gasteiger partial charge in [-0.05, 0) is 11.6 Å². The van der Waals surface area contributed by atoms with Crippen LogP contribution in [0.4, 0.5) is 0 Å². The van der Waals surface area contributed by atoms with Gasteiger partial charge < -0.3 is 14.4 Å². The molecule has 0 saturated carbocycles. The number of aromatic nitrogens is 1. The fraction of sp³-hybridized carbons (Fsp3) is 0.105. The van der Waals surface area contributed by atoms with Crippen LogP contribution in [0.2, 0.25) is 0 Å². The van der Waals surface area contributed by atoms with Crippen LogP contribution in [0.15, 0.2) is 71.5 Å². The van der Waals surface area contributed by atoms with Gasteiger partial charge in [0.05, 0.1) is 19.3 Å². The Balaban J connectivity index is 2.14. The number of benzene rings is 2. The highest BCUT2D eigenvalue weighted by atomic mass is 16.5. The van der Waals surface area contributed by atoms with Crippen molar-refractivity contribution in [3.8, 4) is 22.8 Å². The van der Waals surface area contributed by atoms with Crippen molar-refractivity contribution in [2.24, 2.45) is 0 Å². The molecule has 0 unspecified atom stereocenters. The summed E-state index contributed by atoms with van der Waals surface area (Å²) in [5, 5.41) is 9.81. The average molecular weight is 307 g/mol. The van der Waals surface area contributed by atoms with Crippen LogP contribution in [0, 0.1) is 0 Å². The standard InChI is InChI=1S/C19H17NO3/c1-23-18-10-6-5-9-15(18)13-20-17(11-16(21)12-19(20)22)14-7-3-2-4-8-14/h2-12,21H,13H2,1H3. The lowest BCUT2D eigenvalue weighted by Crippen LogP contribution is -2.21. The lowest BCUT2D eigenvalue weighted by atomic mass is 10.1. The monoisotopic (exact) mass is 307 g/mol. The lowest BCUT2D eigenvalue weighted by Gasteiger charge is -2.15. The number of aromatic hydroxyl groups is 1. The van der Waals surface area contributed by atoms with E-state index in [-0.39, 0.29) is 11.3 Å². The van der Waals surface area contributed by atoms with Crippen LogP contribution in [0.5, 0.6) is 11.5 Å². The highest BCUT2D eigenvalue weighted by Crippen LogP contribution is 2.24. The normalized spacial score (nSPS) is 10.5. The molecule has 0 aliphatic carbocycles. The van der Waals surface area contributed by atoms with Gasteiger partial charge >= 0.3 is 0 Å². The molecule has 1 aromatic heterocycles. The molecular formula is C19H17NO3. The quantitative estimate of drug-likeness (QED) is 0.805. The minimum Gasteiger partial charge on any atom is -0.508 e. The average Bonchev–Trinajstić information content (AvgIpc) is 2.58.